The highest BCUT2D eigenvalue weighted by molar-refractivity contribution is 6.32. The van der Waals surface area contributed by atoms with E-state index in [0.29, 0.717) is 10.8 Å². The summed E-state index contributed by atoms with van der Waals surface area (Å²) >= 11 is 6.00. The van der Waals surface area contributed by atoms with E-state index in [4.69, 9.17) is 16.3 Å². The lowest BCUT2D eigenvalue weighted by Crippen LogP contribution is -2.19. The summed E-state index contributed by atoms with van der Waals surface area (Å²) in [6, 6.07) is 5.59. The Morgan fingerprint density at radius 3 is 2.82 bits per heavy atom. The standard InChI is InChI=1S/C14H17ClO2/c1-10-6-7-12(15)14(8-10)17-9-13(16)11-4-2-3-5-11/h6-8,11H,2-5,9H2,1H3. The van der Waals surface area contributed by atoms with E-state index >= 15 is 0 Å². The number of hydrogen-bond donors (Lipinski definition) is 0. The summed E-state index contributed by atoms with van der Waals surface area (Å²) in [5.41, 5.74) is 1.08. The summed E-state index contributed by atoms with van der Waals surface area (Å²) in [7, 11) is 0. The molecule has 0 spiro atoms. The van der Waals surface area contributed by atoms with Crippen molar-refractivity contribution in [3.8, 4) is 5.75 Å². The van der Waals surface area contributed by atoms with Crippen LogP contribution in [0.1, 0.15) is 31.2 Å². The molecule has 0 saturated heterocycles. The molecule has 17 heavy (non-hydrogen) atoms. The first-order valence-electron chi connectivity index (χ1n) is 6.08. The Kier molecular flexibility index (Phi) is 4.06. The number of aryl methyl sites for hydroxylation is 1. The Hall–Kier alpha value is -1.02. The van der Waals surface area contributed by atoms with E-state index in [0.717, 1.165) is 18.4 Å². The highest BCUT2D eigenvalue weighted by Gasteiger charge is 2.22. The van der Waals surface area contributed by atoms with Gasteiger partial charge in [-0.3, -0.25) is 4.79 Å². The van der Waals surface area contributed by atoms with Crippen molar-refractivity contribution in [2.75, 3.05) is 6.61 Å². The van der Waals surface area contributed by atoms with Gasteiger partial charge in [-0.05, 0) is 37.5 Å². The van der Waals surface area contributed by atoms with E-state index in [2.05, 4.69) is 0 Å². The fourth-order valence-corrected chi connectivity index (χ4v) is 2.41. The lowest BCUT2D eigenvalue weighted by Gasteiger charge is -2.11. The van der Waals surface area contributed by atoms with Crippen molar-refractivity contribution in [1.82, 2.24) is 0 Å². The monoisotopic (exact) mass is 252 g/mol. The average Bonchev–Trinajstić information content (AvgIpc) is 2.83. The molecule has 0 amide bonds. The van der Waals surface area contributed by atoms with Gasteiger partial charge in [-0.15, -0.1) is 0 Å². The van der Waals surface area contributed by atoms with Crippen molar-refractivity contribution >= 4 is 17.4 Å². The molecule has 0 aromatic heterocycles. The largest absolute Gasteiger partial charge is 0.484 e. The van der Waals surface area contributed by atoms with Crippen molar-refractivity contribution in [3.05, 3.63) is 28.8 Å². The highest BCUT2D eigenvalue weighted by Crippen LogP contribution is 2.28. The first-order chi connectivity index (χ1) is 8.16. The molecular weight excluding hydrogens is 236 g/mol. The number of carbonyl (C=O) groups is 1. The maximum atomic E-state index is 11.8. The third kappa shape index (κ3) is 3.22. The summed E-state index contributed by atoms with van der Waals surface area (Å²) < 4.78 is 5.51. The molecule has 1 aliphatic rings. The molecule has 0 bridgehead atoms. The minimum absolute atomic E-state index is 0.147. The molecule has 1 aromatic rings. The van der Waals surface area contributed by atoms with Crippen LogP contribution in [0.5, 0.6) is 5.75 Å². The van der Waals surface area contributed by atoms with Crippen molar-refractivity contribution in [2.45, 2.75) is 32.6 Å². The van der Waals surface area contributed by atoms with Crippen molar-refractivity contribution in [3.63, 3.8) is 0 Å². The molecule has 0 heterocycles. The topological polar surface area (TPSA) is 26.3 Å². The van der Waals surface area contributed by atoms with Gasteiger partial charge in [0.05, 0.1) is 5.02 Å². The molecule has 2 nitrogen and oxygen atoms in total. The van der Waals surface area contributed by atoms with Crippen LogP contribution in [0.15, 0.2) is 18.2 Å². The lowest BCUT2D eigenvalue weighted by molar-refractivity contribution is -0.124. The van der Waals surface area contributed by atoms with Crippen LogP contribution in [0, 0.1) is 12.8 Å². The van der Waals surface area contributed by atoms with E-state index in [1.54, 1.807) is 6.07 Å². The molecule has 2 rings (SSSR count). The van der Waals surface area contributed by atoms with Crippen LogP contribution in [0.3, 0.4) is 0 Å². The second-order valence-corrected chi connectivity index (χ2v) is 5.08. The number of Topliss-reactive ketones (excluding diaryl/α,β-unsaturated/α-hetero) is 1. The van der Waals surface area contributed by atoms with Crippen LogP contribution in [0.2, 0.25) is 5.02 Å². The minimum atomic E-state index is 0.147. The molecule has 0 atom stereocenters. The van der Waals surface area contributed by atoms with E-state index in [1.165, 1.54) is 12.8 Å². The number of carbonyl (C=O) groups excluding carboxylic acids is 1. The summed E-state index contributed by atoms with van der Waals surface area (Å²) in [6.07, 6.45) is 4.37. The average molecular weight is 253 g/mol. The summed E-state index contributed by atoms with van der Waals surface area (Å²) in [5.74, 6) is 1.02. The van der Waals surface area contributed by atoms with Gasteiger partial charge in [0.15, 0.2) is 5.78 Å². The number of hydrogen-bond acceptors (Lipinski definition) is 2. The summed E-state index contributed by atoms with van der Waals surface area (Å²) in [6.45, 7) is 2.12. The second-order valence-electron chi connectivity index (χ2n) is 4.67. The Morgan fingerprint density at radius 2 is 2.12 bits per heavy atom. The van der Waals surface area contributed by atoms with E-state index in [1.807, 2.05) is 19.1 Å². The molecular formula is C14H17ClO2. The van der Waals surface area contributed by atoms with Crippen LogP contribution >= 0.6 is 11.6 Å². The van der Waals surface area contributed by atoms with Crippen molar-refractivity contribution < 1.29 is 9.53 Å². The minimum Gasteiger partial charge on any atom is -0.484 e. The molecule has 0 radical (unpaired) electrons. The number of rotatable bonds is 4. The van der Waals surface area contributed by atoms with Crippen LogP contribution in [0.4, 0.5) is 0 Å². The Labute approximate surface area is 107 Å². The Bertz CT molecular complexity index is 409. The molecule has 0 N–H and O–H groups in total. The first kappa shape index (κ1) is 12.4. The van der Waals surface area contributed by atoms with Gasteiger partial charge in [-0.1, -0.05) is 30.5 Å². The summed E-state index contributed by atoms with van der Waals surface area (Å²) in [4.78, 5) is 11.8. The zero-order valence-electron chi connectivity index (χ0n) is 10.0. The van der Waals surface area contributed by atoms with E-state index < -0.39 is 0 Å². The van der Waals surface area contributed by atoms with E-state index in [9.17, 15) is 4.79 Å². The smallest absolute Gasteiger partial charge is 0.173 e. The molecule has 1 aromatic carbocycles. The van der Waals surface area contributed by atoms with Crippen LogP contribution < -0.4 is 4.74 Å². The van der Waals surface area contributed by atoms with Gasteiger partial charge in [0.2, 0.25) is 0 Å². The van der Waals surface area contributed by atoms with Gasteiger partial charge >= 0.3 is 0 Å². The predicted octanol–water partition coefficient (Wildman–Crippen LogP) is 3.79. The van der Waals surface area contributed by atoms with Gasteiger partial charge in [0, 0.05) is 5.92 Å². The molecule has 1 aliphatic carbocycles. The number of ether oxygens (including phenoxy) is 1. The first-order valence-corrected chi connectivity index (χ1v) is 6.46. The van der Waals surface area contributed by atoms with Gasteiger partial charge in [0.25, 0.3) is 0 Å². The van der Waals surface area contributed by atoms with Crippen LogP contribution in [0.25, 0.3) is 0 Å². The number of ketones is 1. The number of halogens is 1. The van der Waals surface area contributed by atoms with Gasteiger partial charge < -0.3 is 4.74 Å². The fraction of sp³-hybridized carbons (Fsp3) is 0.500. The third-order valence-electron chi connectivity index (χ3n) is 3.27. The molecule has 0 unspecified atom stereocenters. The van der Waals surface area contributed by atoms with Gasteiger partial charge in [-0.2, -0.15) is 0 Å². The fourth-order valence-electron chi connectivity index (χ4n) is 2.24. The number of benzene rings is 1. The third-order valence-corrected chi connectivity index (χ3v) is 3.58. The zero-order valence-corrected chi connectivity index (χ0v) is 10.8. The van der Waals surface area contributed by atoms with Crippen molar-refractivity contribution in [1.29, 1.82) is 0 Å². The lowest BCUT2D eigenvalue weighted by atomic mass is 10.0. The second kappa shape index (κ2) is 5.54. The molecule has 92 valence electrons. The van der Waals surface area contributed by atoms with E-state index in [-0.39, 0.29) is 18.3 Å². The Morgan fingerprint density at radius 1 is 1.41 bits per heavy atom. The summed E-state index contributed by atoms with van der Waals surface area (Å²) in [5, 5.41) is 0.565. The maximum Gasteiger partial charge on any atom is 0.173 e. The molecule has 3 heteroatoms. The molecule has 1 fully saturated rings. The van der Waals surface area contributed by atoms with Crippen molar-refractivity contribution in [2.24, 2.45) is 5.92 Å². The normalized spacial score (nSPS) is 16.1. The Balaban J connectivity index is 1.92. The van der Waals surface area contributed by atoms with Crippen LogP contribution in [-0.4, -0.2) is 12.4 Å². The highest BCUT2D eigenvalue weighted by atomic mass is 35.5. The quantitative estimate of drug-likeness (QED) is 0.815. The predicted molar refractivity (Wildman–Crippen MR) is 68.6 cm³/mol. The maximum absolute atomic E-state index is 11.8. The zero-order chi connectivity index (χ0) is 12.3. The van der Waals surface area contributed by atoms with Gasteiger partial charge in [0.1, 0.15) is 12.4 Å². The van der Waals surface area contributed by atoms with Gasteiger partial charge in [-0.25, -0.2) is 0 Å². The molecule has 1 saturated carbocycles. The van der Waals surface area contributed by atoms with Crippen LogP contribution in [-0.2, 0) is 4.79 Å². The SMILES string of the molecule is Cc1ccc(Cl)c(OCC(=O)C2CCCC2)c1. The molecule has 0 aliphatic heterocycles.